The van der Waals surface area contributed by atoms with E-state index in [0.29, 0.717) is 6.10 Å². The second-order valence-electron chi connectivity index (χ2n) is 3.54. The van der Waals surface area contributed by atoms with Crippen molar-refractivity contribution in [3.63, 3.8) is 0 Å². The lowest BCUT2D eigenvalue weighted by Gasteiger charge is -2.24. The van der Waals surface area contributed by atoms with Crippen LogP contribution in [0.3, 0.4) is 0 Å². The first-order valence-electron chi connectivity index (χ1n) is 4.92. The van der Waals surface area contributed by atoms with Crippen molar-refractivity contribution in [3.05, 3.63) is 0 Å². The van der Waals surface area contributed by atoms with Crippen LogP contribution >= 0.6 is 0 Å². The minimum absolute atomic E-state index is 0.257. The summed E-state index contributed by atoms with van der Waals surface area (Å²) in [7, 11) is 0. The zero-order chi connectivity index (χ0) is 8.23. The first-order chi connectivity index (χ1) is 5.95. The minimum Gasteiger partial charge on any atom is -0.378 e. The molecular formula is C9H17NO2. The normalized spacial score (nSPS) is 37.0. The van der Waals surface area contributed by atoms with Gasteiger partial charge in [-0.05, 0) is 19.3 Å². The second-order valence-corrected chi connectivity index (χ2v) is 3.54. The quantitative estimate of drug-likeness (QED) is 0.669. The Kier molecular flexibility index (Phi) is 2.98. The number of hydrogen-bond acceptors (Lipinski definition) is 3. The molecule has 2 atom stereocenters. The molecule has 2 fully saturated rings. The van der Waals surface area contributed by atoms with Gasteiger partial charge < -0.3 is 9.47 Å². The lowest BCUT2D eigenvalue weighted by molar-refractivity contribution is -0.0247. The molecule has 1 N–H and O–H groups in total. The summed E-state index contributed by atoms with van der Waals surface area (Å²) in [6.07, 6.45) is 5.48. The van der Waals surface area contributed by atoms with Crippen molar-refractivity contribution in [1.29, 1.82) is 0 Å². The predicted octanol–water partition coefficient (Wildman–Crippen LogP) is 0.891. The Morgan fingerprint density at radius 2 is 2.17 bits per heavy atom. The summed E-state index contributed by atoms with van der Waals surface area (Å²) in [6.45, 7) is 2.80. The van der Waals surface area contributed by atoms with E-state index in [9.17, 15) is 0 Å². The molecule has 0 spiro atoms. The average molecular weight is 171 g/mol. The van der Waals surface area contributed by atoms with Gasteiger partial charge in [0.2, 0.25) is 0 Å². The van der Waals surface area contributed by atoms with Crippen LogP contribution in [0.15, 0.2) is 0 Å². The molecule has 0 aliphatic carbocycles. The van der Waals surface area contributed by atoms with Gasteiger partial charge >= 0.3 is 0 Å². The fourth-order valence-electron chi connectivity index (χ4n) is 1.86. The Labute approximate surface area is 73.4 Å². The van der Waals surface area contributed by atoms with E-state index in [0.717, 1.165) is 26.2 Å². The Hall–Kier alpha value is -0.120. The van der Waals surface area contributed by atoms with Gasteiger partial charge in [0.05, 0.1) is 12.7 Å². The largest absolute Gasteiger partial charge is 0.378 e. The van der Waals surface area contributed by atoms with Crippen molar-refractivity contribution in [2.45, 2.75) is 38.0 Å². The van der Waals surface area contributed by atoms with Gasteiger partial charge in [0.15, 0.2) is 0 Å². The number of nitrogens with one attached hydrogen (secondary N) is 1. The third-order valence-electron chi connectivity index (χ3n) is 2.54. The SMILES string of the molecule is C1CCC(CC2NCCO2)OC1. The molecule has 3 nitrogen and oxygen atoms in total. The van der Waals surface area contributed by atoms with E-state index in [1.165, 1.54) is 19.3 Å². The van der Waals surface area contributed by atoms with Gasteiger partial charge in [-0.3, -0.25) is 5.32 Å². The van der Waals surface area contributed by atoms with Crippen LogP contribution < -0.4 is 5.32 Å². The molecule has 2 rings (SSSR count). The number of hydrogen-bond donors (Lipinski definition) is 1. The molecule has 0 aromatic rings. The van der Waals surface area contributed by atoms with Crippen molar-refractivity contribution in [2.24, 2.45) is 0 Å². The van der Waals surface area contributed by atoms with E-state index < -0.39 is 0 Å². The molecular weight excluding hydrogens is 154 g/mol. The maximum atomic E-state index is 5.62. The zero-order valence-electron chi connectivity index (χ0n) is 7.42. The molecule has 2 aliphatic heterocycles. The molecule has 0 saturated carbocycles. The Bertz CT molecular complexity index is 128. The third kappa shape index (κ3) is 2.19. The molecule has 2 aliphatic rings. The molecule has 70 valence electrons. The van der Waals surface area contributed by atoms with Gasteiger partial charge in [0.1, 0.15) is 6.23 Å². The van der Waals surface area contributed by atoms with Crippen molar-refractivity contribution in [1.82, 2.24) is 5.32 Å². The van der Waals surface area contributed by atoms with E-state index in [1.54, 1.807) is 0 Å². The highest BCUT2D eigenvalue weighted by Crippen LogP contribution is 2.18. The molecule has 0 aromatic carbocycles. The van der Waals surface area contributed by atoms with Crippen molar-refractivity contribution >= 4 is 0 Å². The van der Waals surface area contributed by atoms with Gasteiger partial charge in [-0.1, -0.05) is 0 Å². The van der Waals surface area contributed by atoms with Crippen molar-refractivity contribution in [2.75, 3.05) is 19.8 Å². The van der Waals surface area contributed by atoms with Crippen LogP contribution in [0, 0.1) is 0 Å². The Balaban J connectivity index is 1.69. The first kappa shape index (κ1) is 8.48. The van der Waals surface area contributed by atoms with Gasteiger partial charge in [-0.15, -0.1) is 0 Å². The van der Waals surface area contributed by atoms with E-state index >= 15 is 0 Å². The molecule has 12 heavy (non-hydrogen) atoms. The lowest BCUT2D eigenvalue weighted by atomic mass is 10.1. The molecule has 2 heterocycles. The fourth-order valence-corrected chi connectivity index (χ4v) is 1.86. The Morgan fingerprint density at radius 1 is 1.17 bits per heavy atom. The van der Waals surface area contributed by atoms with Crippen LogP contribution in [0.5, 0.6) is 0 Å². The molecule has 0 bridgehead atoms. The standard InChI is InChI=1S/C9H17NO2/c1-2-5-11-8(3-1)7-9-10-4-6-12-9/h8-10H,1-7H2. The second kappa shape index (κ2) is 4.21. The van der Waals surface area contributed by atoms with Crippen LogP contribution in [-0.2, 0) is 9.47 Å². The summed E-state index contributed by atoms with van der Waals surface area (Å²) in [6, 6.07) is 0. The van der Waals surface area contributed by atoms with Crippen LogP contribution in [-0.4, -0.2) is 32.1 Å². The summed E-state index contributed by atoms with van der Waals surface area (Å²) >= 11 is 0. The molecule has 0 aromatic heterocycles. The summed E-state index contributed by atoms with van der Waals surface area (Å²) in [5.41, 5.74) is 0. The fraction of sp³-hybridized carbons (Fsp3) is 1.00. The number of ether oxygens (including phenoxy) is 2. The maximum Gasteiger partial charge on any atom is 0.110 e. The summed E-state index contributed by atoms with van der Waals surface area (Å²) in [5.74, 6) is 0. The summed E-state index contributed by atoms with van der Waals surface area (Å²) in [5, 5.41) is 3.30. The smallest absolute Gasteiger partial charge is 0.110 e. The topological polar surface area (TPSA) is 30.5 Å². The molecule has 0 amide bonds. The maximum absolute atomic E-state index is 5.62. The highest BCUT2D eigenvalue weighted by molar-refractivity contribution is 4.71. The number of rotatable bonds is 2. The van der Waals surface area contributed by atoms with E-state index in [4.69, 9.17) is 9.47 Å². The zero-order valence-corrected chi connectivity index (χ0v) is 7.42. The van der Waals surface area contributed by atoms with Crippen LogP contribution in [0.4, 0.5) is 0 Å². The van der Waals surface area contributed by atoms with Crippen LogP contribution in [0.25, 0.3) is 0 Å². The van der Waals surface area contributed by atoms with Crippen LogP contribution in [0.2, 0.25) is 0 Å². The highest BCUT2D eigenvalue weighted by Gasteiger charge is 2.21. The van der Waals surface area contributed by atoms with E-state index in [1.807, 2.05) is 0 Å². The third-order valence-corrected chi connectivity index (χ3v) is 2.54. The van der Waals surface area contributed by atoms with E-state index in [-0.39, 0.29) is 6.23 Å². The monoisotopic (exact) mass is 171 g/mol. The van der Waals surface area contributed by atoms with Gasteiger partial charge in [-0.2, -0.15) is 0 Å². The highest BCUT2D eigenvalue weighted by atomic mass is 16.5. The van der Waals surface area contributed by atoms with Gasteiger partial charge in [-0.25, -0.2) is 0 Å². The van der Waals surface area contributed by atoms with Crippen molar-refractivity contribution < 1.29 is 9.47 Å². The molecule has 3 heteroatoms. The minimum atomic E-state index is 0.257. The van der Waals surface area contributed by atoms with Gasteiger partial charge in [0, 0.05) is 19.6 Å². The predicted molar refractivity (Wildman–Crippen MR) is 46.0 cm³/mol. The van der Waals surface area contributed by atoms with Crippen molar-refractivity contribution in [3.8, 4) is 0 Å². The first-order valence-corrected chi connectivity index (χ1v) is 4.92. The van der Waals surface area contributed by atoms with Gasteiger partial charge in [0.25, 0.3) is 0 Å². The van der Waals surface area contributed by atoms with Crippen LogP contribution in [0.1, 0.15) is 25.7 Å². The average Bonchev–Trinajstić information content (AvgIpc) is 2.59. The summed E-state index contributed by atoms with van der Waals surface area (Å²) in [4.78, 5) is 0. The molecule has 0 radical (unpaired) electrons. The van der Waals surface area contributed by atoms with E-state index in [2.05, 4.69) is 5.32 Å². The molecule has 2 saturated heterocycles. The molecule has 2 unspecified atom stereocenters. The summed E-state index contributed by atoms with van der Waals surface area (Å²) < 4.78 is 11.1. The Morgan fingerprint density at radius 3 is 2.83 bits per heavy atom. The lowest BCUT2D eigenvalue weighted by Crippen LogP contribution is -2.30.